The normalized spacial score (nSPS) is 15.5. The summed E-state index contributed by atoms with van der Waals surface area (Å²) in [4.78, 5) is 4.85. The van der Waals surface area contributed by atoms with E-state index in [4.69, 9.17) is 5.73 Å². The van der Waals surface area contributed by atoms with Gasteiger partial charge in [0, 0.05) is 12.6 Å². The molecule has 0 heterocycles. The number of likely N-dealkylation sites (N-methyl/N-ethyl adjacent to an activating group) is 2. The van der Waals surface area contributed by atoms with E-state index in [1.807, 2.05) is 0 Å². The molecule has 0 aromatic carbocycles. The van der Waals surface area contributed by atoms with Crippen molar-refractivity contribution in [3.8, 4) is 0 Å². The fourth-order valence-corrected chi connectivity index (χ4v) is 2.41. The summed E-state index contributed by atoms with van der Waals surface area (Å²) >= 11 is 0. The first-order valence-electron chi connectivity index (χ1n) is 7.10. The van der Waals surface area contributed by atoms with Crippen molar-refractivity contribution in [1.82, 2.24) is 9.80 Å². The van der Waals surface area contributed by atoms with Crippen LogP contribution in [0.4, 0.5) is 0 Å². The molecule has 0 saturated carbocycles. The summed E-state index contributed by atoms with van der Waals surface area (Å²) < 4.78 is 0. The van der Waals surface area contributed by atoms with Gasteiger partial charge in [0.15, 0.2) is 0 Å². The molecule has 0 spiro atoms. The molecular weight excluding hydrogens is 210 g/mol. The molecule has 104 valence electrons. The molecule has 0 aliphatic rings. The number of rotatable bonds is 10. The van der Waals surface area contributed by atoms with E-state index in [9.17, 15) is 0 Å². The third-order valence-corrected chi connectivity index (χ3v) is 3.46. The fraction of sp³-hybridized carbons (Fsp3) is 1.00. The van der Waals surface area contributed by atoms with E-state index >= 15 is 0 Å². The molecule has 2 atom stereocenters. The van der Waals surface area contributed by atoms with Crippen LogP contribution >= 0.6 is 0 Å². The van der Waals surface area contributed by atoms with Gasteiger partial charge in [0.2, 0.25) is 0 Å². The molecule has 0 aromatic heterocycles. The Kier molecular flexibility index (Phi) is 9.79. The summed E-state index contributed by atoms with van der Waals surface area (Å²) in [7, 11) is 4.29. The van der Waals surface area contributed by atoms with Gasteiger partial charge < -0.3 is 10.6 Å². The summed E-state index contributed by atoms with van der Waals surface area (Å²) in [5.74, 6) is 0.780. The van der Waals surface area contributed by atoms with Crippen molar-refractivity contribution in [2.24, 2.45) is 11.7 Å². The van der Waals surface area contributed by atoms with Gasteiger partial charge in [-0.25, -0.2) is 0 Å². The van der Waals surface area contributed by atoms with Crippen LogP contribution in [0.15, 0.2) is 0 Å². The number of hydrogen-bond donors (Lipinski definition) is 1. The molecule has 0 radical (unpaired) electrons. The van der Waals surface area contributed by atoms with Gasteiger partial charge in [-0.1, -0.05) is 13.8 Å². The van der Waals surface area contributed by atoms with E-state index in [1.54, 1.807) is 0 Å². The molecule has 0 fully saturated rings. The molecule has 2 N–H and O–H groups in total. The van der Waals surface area contributed by atoms with Crippen LogP contribution in [0.3, 0.4) is 0 Å². The second-order valence-corrected chi connectivity index (χ2v) is 5.56. The average molecular weight is 243 g/mol. The van der Waals surface area contributed by atoms with Crippen molar-refractivity contribution in [1.29, 1.82) is 0 Å². The quantitative estimate of drug-likeness (QED) is 0.637. The summed E-state index contributed by atoms with van der Waals surface area (Å²) in [6, 6.07) is 0.653. The van der Waals surface area contributed by atoms with Crippen molar-refractivity contribution < 1.29 is 0 Å². The van der Waals surface area contributed by atoms with Gasteiger partial charge in [-0.05, 0) is 65.8 Å². The Bertz CT molecular complexity index is 171. The number of nitrogens with zero attached hydrogens (tertiary/aromatic N) is 2. The number of nitrogens with two attached hydrogens (primary N) is 1. The van der Waals surface area contributed by atoms with Gasteiger partial charge >= 0.3 is 0 Å². The molecule has 2 unspecified atom stereocenters. The molecule has 0 rings (SSSR count). The lowest BCUT2D eigenvalue weighted by Gasteiger charge is -2.30. The maximum absolute atomic E-state index is 5.57. The fourth-order valence-electron chi connectivity index (χ4n) is 2.41. The lowest BCUT2D eigenvalue weighted by Crippen LogP contribution is -2.40. The summed E-state index contributed by atoms with van der Waals surface area (Å²) in [6.45, 7) is 11.2. The maximum atomic E-state index is 5.57. The Morgan fingerprint density at radius 2 is 1.76 bits per heavy atom. The van der Waals surface area contributed by atoms with Crippen molar-refractivity contribution in [3.63, 3.8) is 0 Å². The van der Waals surface area contributed by atoms with Gasteiger partial charge in [0.1, 0.15) is 0 Å². The highest BCUT2D eigenvalue weighted by Crippen LogP contribution is 2.11. The first kappa shape index (κ1) is 16.9. The highest BCUT2D eigenvalue weighted by molar-refractivity contribution is 4.69. The highest BCUT2D eigenvalue weighted by Gasteiger charge is 2.12. The van der Waals surface area contributed by atoms with Crippen LogP contribution < -0.4 is 5.73 Å². The van der Waals surface area contributed by atoms with Gasteiger partial charge in [-0.3, -0.25) is 4.90 Å². The Balaban J connectivity index is 3.81. The van der Waals surface area contributed by atoms with E-state index in [2.05, 4.69) is 44.7 Å². The molecule has 17 heavy (non-hydrogen) atoms. The third-order valence-electron chi connectivity index (χ3n) is 3.46. The minimum absolute atomic E-state index is 0.653. The Morgan fingerprint density at radius 1 is 1.12 bits per heavy atom. The monoisotopic (exact) mass is 243 g/mol. The molecular formula is C14H33N3. The minimum atomic E-state index is 0.653. The van der Waals surface area contributed by atoms with Crippen LogP contribution in [0.5, 0.6) is 0 Å². The third kappa shape index (κ3) is 8.58. The largest absolute Gasteiger partial charge is 0.330 e. The first-order valence-corrected chi connectivity index (χ1v) is 7.10. The summed E-state index contributed by atoms with van der Waals surface area (Å²) in [5, 5.41) is 0. The minimum Gasteiger partial charge on any atom is -0.330 e. The lowest BCUT2D eigenvalue weighted by atomic mass is 10.0. The van der Waals surface area contributed by atoms with Crippen molar-refractivity contribution >= 4 is 0 Å². The van der Waals surface area contributed by atoms with Gasteiger partial charge in [0.05, 0.1) is 0 Å². The zero-order valence-corrected chi connectivity index (χ0v) is 12.6. The highest BCUT2D eigenvalue weighted by atomic mass is 15.2. The van der Waals surface area contributed by atoms with E-state index in [0.717, 1.165) is 25.6 Å². The van der Waals surface area contributed by atoms with Crippen LogP contribution in [-0.2, 0) is 0 Å². The molecule has 0 bridgehead atoms. The van der Waals surface area contributed by atoms with Crippen LogP contribution in [0, 0.1) is 5.92 Å². The Labute approximate surface area is 108 Å². The van der Waals surface area contributed by atoms with E-state index in [1.165, 1.54) is 25.8 Å². The molecule has 3 nitrogen and oxygen atoms in total. The lowest BCUT2D eigenvalue weighted by molar-refractivity contribution is 0.176. The second-order valence-electron chi connectivity index (χ2n) is 5.56. The zero-order valence-electron chi connectivity index (χ0n) is 12.6. The maximum Gasteiger partial charge on any atom is 0.0194 e. The van der Waals surface area contributed by atoms with Crippen LogP contribution in [0.2, 0.25) is 0 Å². The topological polar surface area (TPSA) is 32.5 Å². The average Bonchev–Trinajstić information content (AvgIpc) is 2.23. The summed E-state index contributed by atoms with van der Waals surface area (Å²) in [5.41, 5.74) is 5.57. The van der Waals surface area contributed by atoms with Gasteiger partial charge in [-0.15, -0.1) is 0 Å². The van der Waals surface area contributed by atoms with Gasteiger partial charge in [0.25, 0.3) is 0 Å². The predicted octanol–water partition coefficient (Wildman–Crippen LogP) is 2.02. The van der Waals surface area contributed by atoms with E-state index in [-0.39, 0.29) is 0 Å². The SMILES string of the molecule is CCN(CCCC(C)CCN)C(C)CN(C)C. The first-order chi connectivity index (χ1) is 8.01. The molecule has 0 aliphatic carbocycles. The molecule has 0 aliphatic heterocycles. The smallest absolute Gasteiger partial charge is 0.0194 e. The predicted molar refractivity (Wildman–Crippen MR) is 77.3 cm³/mol. The van der Waals surface area contributed by atoms with E-state index in [0.29, 0.717) is 6.04 Å². The number of hydrogen-bond acceptors (Lipinski definition) is 3. The van der Waals surface area contributed by atoms with Crippen LogP contribution in [0.25, 0.3) is 0 Å². The van der Waals surface area contributed by atoms with Crippen molar-refractivity contribution in [2.75, 3.05) is 40.3 Å². The van der Waals surface area contributed by atoms with Gasteiger partial charge in [-0.2, -0.15) is 0 Å². The molecule has 0 amide bonds. The second kappa shape index (κ2) is 9.86. The molecule has 3 heteroatoms. The zero-order chi connectivity index (χ0) is 13.3. The Hall–Kier alpha value is -0.120. The van der Waals surface area contributed by atoms with Crippen LogP contribution in [-0.4, -0.2) is 56.1 Å². The standard InChI is InChI=1S/C14H33N3/c1-6-17(14(3)12-16(4)5)11-7-8-13(2)9-10-15/h13-14H,6-12,15H2,1-5H3. The summed E-state index contributed by atoms with van der Waals surface area (Å²) in [6.07, 6.45) is 3.77. The van der Waals surface area contributed by atoms with Crippen molar-refractivity contribution in [3.05, 3.63) is 0 Å². The van der Waals surface area contributed by atoms with Crippen molar-refractivity contribution in [2.45, 2.75) is 46.1 Å². The molecule has 0 aromatic rings. The molecule has 0 saturated heterocycles. The van der Waals surface area contributed by atoms with Crippen LogP contribution in [0.1, 0.15) is 40.0 Å². The Morgan fingerprint density at radius 3 is 2.24 bits per heavy atom. The van der Waals surface area contributed by atoms with E-state index < -0.39 is 0 Å².